The van der Waals surface area contributed by atoms with E-state index >= 15 is 0 Å². The van der Waals surface area contributed by atoms with Crippen LogP contribution in [0.15, 0.2) is 30.4 Å². The topological polar surface area (TPSA) is 374 Å². The molecule has 15 amide bonds. The first-order valence-corrected chi connectivity index (χ1v) is 26.7. The number of likely N-dealkylation sites (N-methyl/N-ethyl adjacent to an activating group) is 11. The SMILES string of the molecule is [2H]CNC(=O)[C@H](C)NC(=O)[C@H](C)NC(=O)CCc1ccc(N2C(=O)C=CC2=O)cc1OCCCC(=O)N(C)CC(=O)N(C)CC(=O)N(C)CC(=O)N(C)CC(=O)N(C)CC(=O)N(C)CC(=O)N(C)CC(=O)N(C)CC(=O)N(C)CC(=O)N(C)CC(=O)O. The first-order chi connectivity index (χ1) is 40.6. The number of imide groups is 1. The van der Waals surface area contributed by atoms with Crippen molar-refractivity contribution in [2.24, 2.45) is 0 Å². The summed E-state index contributed by atoms with van der Waals surface area (Å²) in [6.45, 7) is -2.08. The standard InChI is InChI=1S/C54H80N14O18/c1-34(53(84)55-3)57-54(85)35(2)56-39(69)19-17-36-16-18-37(68-41(71)20-21-42(68)72)23-38(36)86-22-14-15-40(70)58(4)24-43(73)59(5)25-44(74)60(6)26-45(75)61(7)27-46(76)62(8)28-47(77)63(9)29-48(78)64(10)30-49(79)65(11)31-50(80)66(12)32-51(81)67(13)33-52(82)83/h16,18,20-21,23,34-35H,14-15,17,19,22,24-33H2,1-13H3,(H,55,84)(H,56,69)(H,57,85)(H,82,83)/t34-,35-/m0/s1/i3D. The van der Waals surface area contributed by atoms with Crippen molar-refractivity contribution in [3.63, 3.8) is 0 Å². The number of carboxylic acids is 1. The molecule has 0 unspecified atom stereocenters. The molecule has 1 heterocycles. The number of carbonyl (C=O) groups excluding carboxylic acids is 15. The second-order valence-corrected chi connectivity index (χ2v) is 20.5. The summed E-state index contributed by atoms with van der Waals surface area (Å²) in [6, 6.07) is 2.52. The summed E-state index contributed by atoms with van der Waals surface area (Å²) in [6.07, 6.45) is 2.18. The zero-order valence-electron chi connectivity index (χ0n) is 51.7. The maximum Gasteiger partial charge on any atom is 0.323 e. The van der Waals surface area contributed by atoms with E-state index in [1.165, 1.54) is 96.5 Å². The van der Waals surface area contributed by atoms with E-state index in [-0.39, 0.29) is 50.8 Å². The second-order valence-electron chi connectivity index (χ2n) is 20.5. The van der Waals surface area contributed by atoms with Crippen molar-refractivity contribution < 1.29 is 87.9 Å². The van der Waals surface area contributed by atoms with Crippen molar-refractivity contribution in [1.29, 1.82) is 0 Å². The number of benzene rings is 1. The average molecular weight is 1210 g/mol. The van der Waals surface area contributed by atoms with E-state index in [0.29, 0.717) is 5.56 Å². The summed E-state index contributed by atoms with van der Waals surface area (Å²) in [4.78, 5) is 213. The molecule has 2 atom stereocenters. The molecule has 0 spiro atoms. The molecule has 1 aromatic carbocycles. The molecule has 474 valence electrons. The van der Waals surface area contributed by atoms with Crippen molar-refractivity contribution in [1.82, 2.24) is 64.9 Å². The highest BCUT2D eigenvalue weighted by Crippen LogP contribution is 2.29. The Balaban J connectivity index is 1.85. The summed E-state index contributed by atoms with van der Waals surface area (Å²) in [5.74, 6) is -10.3. The molecule has 2 rings (SSSR count). The fourth-order valence-electron chi connectivity index (χ4n) is 7.46. The van der Waals surface area contributed by atoms with E-state index in [9.17, 15) is 76.7 Å². The van der Waals surface area contributed by atoms with Crippen LogP contribution in [0, 0.1) is 0 Å². The third-order valence-corrected chi connectivity index (χ3v) is 13.2. The fraction of sp³-hybridized carbons (Fsp3) is 0.556. The van der Waals surface area contributed by atoms with Crippen LogP contribution in [-0.4, -0.2) is 310 Å². The van der Waals surface area contributed by atoms with Gasteiger partial charge in [0.15, 0.2) is 0 Å². The number of aryl methyl sites for hydroxylation is 1. The number of carbonyl (C=O) groups is 16. The molecule has 1 aromatic rings. The second kappa shape index (κ2) is 34.3. The Labute approximate surface area is 499 Å². The number of carboxylic acid groups (broad SMARTS) is 1. The van der Waals surface area contributed by atoms with Crippen molar-refractivity contribution in [3.05, 3.63) is 35.9 Å². The Morgan fingerprint density at radius 3 is 1.17 bits per heavy atom. The monoisotopic (exact) mass is 1210 g/mol. The van der Waals surface area contributed by atoms with Crippen LogP contribution in [0.2, 0.25) is 0 Å². The molecule has 1 aliphatic heterocycles. The number of aliphatic carboxylic acids is 1. The van der Waals surface area contributed by atoms with Crippen LogP contribution >= 0.6 is 0 Å². The highest BCUT2D eigenvalue weighted by Gasteiger charge is 2.29. The number of anilines is 1. The molecule has 32 heteroatoms. The Kier molecular flexibility index (Phi) is 28.2. The number of hydrogen-bond donors (Lipinski definition) is 4. The maximum atomic E-state index is 13.1. The molecule has 0 aromatic heterocycles. The van der Waals surface area contributed by atoms with Crippen molar-refractivity contribution in [3.8, 4) is 5.75 Å². The molecular weight excluding hydrogens is 1130 g/mol. The Hall–Kier alpha value is -9.52. The Bertz CT molecular complexity index is 2800. The van der Waals surface area contributed by atoms with Crippen molar-refractivity contribution in [2.45, 2.75) is 51.6 Å². The molecule has 0 saturated carbocycles. The number of ether oxygens (including phenoxy) is 1. The normalized spacial score (nSPS) is 12.3. The number of nitrogens with zero attached hydrogens (tertiary/aromatic N) is 11. The minimum absolute atomic E-state index is 0.0627. The van der Waals surface area contributed by atoms with Gasteiger partial charge in [0.25, 0.3) is 11.8 Å². The largest absolute Gasteiger partial charge is 0.493 e. The number of amides is 15. The van der Waals surface area contributed by atoms with Gasteiger partial charge in [-0.15, -0.1) is 0 Å². The van der Waals surface area contributed by atoms with Crippen LogP contribution in [0.1, 0.15) is 40.0 Å². The lowest BCUT2D eigenvalue weighted by Crippen LogP contribution is -2.51. The van der Waals surface area contributed by atoms with Crippen molar-refractivity contribution >= 4 is 100 Å². The first-order valence-electron chi connectivity index (χ1n) is 27.4. The van der Waals surface area contributed by atoms with Gasteiger partial charge in [0.05, 0.1) is 71.2 Å². The van der Waals surface area contributed by atoms with Gasteiger partial charge in [-0.2, -0.15) is 0 Å². The smallest absolute Gasteiger partial charge is 0.323 e. The molecule has 32 nitrogen and oxygen atoms in total. The minimum Gasteiger partial charge on any atom is -0.493 e. The summed E-state index contributed by atoms with van der Waals surface area (Å²) in [7, 11) is 12.7. The molecule has 0 bridgehead atoms. The van der Waals surface area contributed by atoms with Crippen LogP contribution < -0.4 is 25.6 Å². The van der Waals surface area contributed by atoms with E-state index in [1.807, 2.05) is 0 Å². The van der Waals surface area contributed by atoms with E-state index in [4.69, 9.17) is 11.2 Å². The third kappa shape index (κ3) is 23.6. The quantitative estimate of drug-likeness (QED) is 0.0377. The number of rotatable bonds is 33. The van der Waals surface area contributed by atoms with Gasteiger partial charge in [0.2, 0.25) is 76.8 Å². The maximum absolute atomic E-state index is 13.1. The lowest BCUT2D eigenvalue weighted by molar-refractivity contribution is -0.147. The molecule has 0 fully saturated rings. The highest BCUT2D eigenvalue weighted by molar-refractivity contribution is 6.28. The summed E-state index contributed by atoms with van der Waals surface area (Å²) < 4.78 is 13.1. The number of hydrogen-bond acceptors (Lipinski definition) is 17. The van der Waals surface area contributed by atoms with Crippen LogP contribution in [0.25, 0.3) is 0 Å². The molecule has 0 radical (unpaired) electrons. The Morgan fingerprint density at radius 2 is 0.826 bits per heavy atom. The molecule has 1 aliphatic rings. The van der Waals surface area contributed by atoms with Crippen molar-refractivity contribution in [2.75, 3.05) is 154 Å². The van der Waals surface area contributed by atoms with Gasteiger partial charge in [-0.05, 0) is 38.3 Å². The summed E-state index contributed by atoms with van der Waals surface area (Å²) >= 11 is 0. The fourth-order valence-corrected chi connectivity index (χ4v) is 7.46. The summed E-state index contributed by atoms with van der Waals surface area (Å²) in [5.41, 5.74) is 0.670. The minimum atomic E-state index is -1.24. The zero-order valence-corrected chi connectivity index (χ0v) is 50.7. The van der Waals surface area contributed by atoms with Crippen LogP contribution in [-0.2, 0) is 83.1 Å². The molecule has 4 N–H and O–H groups in total. The van der Waals surface area contributed by atoms with E-state index in [1.54, 1.807) is 6.07 Å². The lowest BCUT2D eigenvalue weighted by Gasteiger charge is -2.27. The van der Waals surface area contributed by atoms with Crippen LogP contribution in [0.3, 0.4) is 0 Å². The molecule has 0 saturated heterocycles. The number of nitrogens with one attached hydrogen (secondary N) is 3. The van der Waals surface area contributed by atoms with Gasteiger partial charge >= 0.3 is 5.97 Å². The highest BCUT2D eigenvalue weighted by atomic mass is 16.5. The van der Waals surface area contributed by atoms with Gasteiger partial charge in [-0.1, -0.05) is 6.07 Å². The van der Waals surface area contributed by atoms with Gasteiger partial charge in [-0.25, -0.2) is 4.90 Å². The van der Waals surface area contributed by atoms with E-state index in [0.717, 1.165) is 66.1 Å². The van der Waals surface area contributed by atoms with Gasteiger partial charge in [0.1, 0.15) is 24.4 Å². The van der Waals surface area contributed by atoms with Gasteiger partial charge in [0, 0.05) is 110 Å². The third-order valence-electron chi connectivity index (χ3n) is 13.2. The zero-order chi connectivity index (χ0) is 66.2. The molecule has 0 aliphatic carbocycles. The average Bonchev–Trinajstić information content (AvgIpc) is 2.43. The predicted octanol–water partition coefficient (Wildman–Crippen LogP) is -5.37. The lowest BCUT2D eigenvalue weighted by atomic mass is 10.1. The van der Waals surface area contributed by atoms with Crippen LogP contribution in [0.5, 0.6) is 5.75 Å². The molecule has 86 heavy (non-hydrogen) atoms. The summed E-state index contributed by atoms with van der Waals surface area (Å²) in [5, 5.41) is 16.1. The predicted molar refractivity (Wildman–Crippen MR) is 304 cm³/mol. The van der Waals surface area contributed by atoms with E-state index < -0.39 is 172 Å². The Morgan fingerprint density at radius 1 is 0.488 bits per heavy atom. The van der Waals surface area contributed by atoms with E-state index in [2.05, 4.69) is 16.0 Å². The first kappa shape index (κ1) is 70.7. The van der Waals surface area contributed by atoms with Crippen LogP contribution in [0.4, 0.5) is 5.69 Å². The van der Waals surface area contributed by atoms with Gasteiger partial charge in [-0.3, -0.25) is 76.7 Å². The molecular formula is C54H80N14O18. The van der Waals surface area contributed by atoms with Gasteiger partial charge < -0.3 is 74.8 Å².